The van der Waals surface area contributed by atoms with E-state index in [0.717, 1.165) is 6.54 Å². The molecule has 2 aromatic carbocycles. The molecular formula is C17H15NO. The van der Waals surface area contributed by atoms with Crippen LogP contribution in [0, 0.1) is 0 Å². The minimum absolute atomic E-state index is 0.140. The van der Waals surface area contributed by atoms with Gasteiger partial charge in [0.25, 0.3) is 0 Å². The molecule has 2 heteroatoms. The van der Waals surface area contributed by atoms with Crippen LogP contribution in [0.5, 0.6) is 0 Å². The number of nitrogens with zero attached hydrogens (tertiary/aromatic N) is 1. The average molecular weight is 249 g/mol. The van der Waals surface area contributed by atoms with Crippen molar-refractivity contribution >= 4 is 5.91 Å². The van der Waals surface area contributed by atoms with Gasteiger partial charge in [-0.1, -0.05) is 42.5 Å². The Morgan fingerprint density at radius 3 is 2.63 bits per heavy atom. The zero-order chi connectivity index (χ0) is 13.2. The third-order valence-electron chi connectivity index (χ3n) is 4.63. The normalized spacial score (nSPS) is 22.3. The molecule has 1 amide bonds. The van der Waals surface area contributed by atoms with Crippen LogP contribution in [-0.4, -0.2) is 10.8 Å². The van der Waals surface area contributed by atoms with Crippen LogP contribution in [0.1, 0.15) is 30.5 Å². The molecule has 0 bridgehead atoms. The van der Waals surface area contributed by atoms with Crippen LogP contribution in [0.25, 0.3) is 11.1 Å². The lowest BCUT2D eigenvalue weighted by atomic mass is 9.89. The third-order valence-corrected chi connectivity index (χ3v) is 4.63. The van der Waals surface area contributed by atoms with Crippen molar-refractivity contribution in [2.45, 2.75) is 25.9 Å². The van der Waals surface area contributed by atoms with Crippen LogP contribution >= 0.6 is 0 Å². The molecule has 1 heterocycles. The van der Waals surface area contributed by atoms with Crippen LogP contribution < -0.4 is 0 Å². The van der Waals surface area contributed by atoms with Gasteiger partial charge in [-0.15, -0.1) is 0 Å². The van der Waals surface area contributed by atoms with Crippen LogP contribution in [0.15, 0.2) is 42.5 Å². The highest BCUT2D eigenvalue weighted by atomic mass is 16.2. The summed E-state index contributed by atoms with van der Waals surface area (Å²) in [4.78, 5) is 14.0. The second kappa shape index (κ2) is 3.27. The first-order valence-corrected chi connectivity index (χ1v) is 6.64. The van der Waals surface area contributed by atoms with E-state index in [1.165, 1.54) is 27.8 Å². The largest absolute Gasteiger partial charge is 0.325 e. The highest BCUT2D eigenvalue weighted by molar-refractivity contribution is 5.87. The summed E-state index contributed by atoms with van der Waals surface area (Å²) in [5, 5.41) is 0. The van der Waals surface area contributed by atoms with Gasteiger partial charge in [-0.25, -0.2) is 0 Å². The fourth-order valence-electron chi connectivity index (χ4n) is 3.84. The molecule has 2 aliphatic rings. The quantitative estimate of drug-likeness (QED) is 0.701. The standard InChI is InChI=1S/C17H15NO/c1-11(19)18-10-12-6-5-8-14-13-7-3-4-9-15(13)17(18,2)16(12)14/h3-9H,10H2,1-2H3/t17-/m1/s1. The van der Waals surface area contributed by atoms with Gasteiger partial charge in [0.1, 0.15) is 0 Å². The number of fused-ring (bicyclic) bond motifs is 3. The SMILES string of the molecule is CC(=O)N1Cc2cccc3c2[C@@]1(C)c1ccccc1-3. The Labute approximate surface area is 112 Å². The third kappa shape index (κ3) is 1.10. The van der Waals surface area contributed by atoms with E-state index in [9.17, 15) is 4.79 Å². The van der Waals surface area contributed by atoms with E-state index in [0.29, 0.717) is 0 Å². The molecule has 0 spiro atoms. The molecule has 0 radical (unpaired) electrons. The molecule has 1 aliphatic carbocycles. The molecule has 0 N–H and O–H groups in total. The number of amides is 1. The van der Waals surface area contributed by atoms with Crippen LogP contribution in [0.2, 0.25) is 0 Å². The Morgan fingerprint density at radius 1 is 1.11 bits per heavy atom. The Balaban J connectivity index is 2.13. The number of hydrogen-bond acceptors (Lipinski definition) is 1. The van der Waals surface area contributed by atoms with Crippen LogP contribution in [0.4, 0.5) is 0 Å². The lowest BCUT2D eigenvalue weighted by molar-refractivity contribution is -0.133. The van der Waals surface area contributed by atoms with E-state index < -0.39 is 0 Å². The minimum Gasteiger partial charge on any atom is -0.325 e. The van der Waals surface area contributed by atoms with Gasteiger partial charge in [0, 0.05) is 13.5 Å². The summed E-state index contributed by atoms with van der Waals surface area (Å²) in [6.45, 7) is 4.57. The lowest BCUT2D eigenvalue weighted by Gasteiger charge is -2.33. The van der Waals surface area contributed by atoms with Crippen LogP contribution in [-0.2, 0) is 16.9 Å². The fourth-order valence-corrected chi connectivity index (χ4v) is 3.84. The first kappa shape index (κ1) is 10.8. The van der Waals surface area contributed by atoms with Crippen molar-refractivity contribution in [1.29, 1.82) is 0 Å². The van der Waals surface area contributed by atoms with Gasteiger partial charge < -0.3 is 4.90 Å². The second-order valence-electron chi connectivity index (χ2n) is 5.56. The zero-order valence-electron chi connectivity index (χ0n) is 11.1. The molecule has 4 rings (SSSR count). The first-order valence-electron chi connectivity index (χ1n) is 6.64. The monoisotopic (exact) mass is 249 g/mol. The van der Waals surface area contributed by atoms with E-state index in [1.807, 2.05) is 4.90 Å². The summed E-state index contributed by atoms with van der Waals surface area (Å²) < 4.78 is 0. The average Bonchev–Trinajstić information content (AvgIpc) is 2.86. The zero-order valence-corrected chi connectivity index (χ0v) is 11.1. The highest BCUT2D eigenvalue weighted by Gasteiger charge is 2.50. The molecule has 0 saturated heterocycles. The Bertz CT molecular complexity index is 719. The molecule has 19 heavy (non-hydrogen) atoms. The number of hydrogen-bond donors (Lipinski definition) is 0. The molecule has 94 valence electrons. The number of benzene rings is 2. The van der Waals surface area contributed by atoms with Crippen molar-refractivity contribution in [3.63, 3.8) is 0 Å². The maximum atomic E-state index is 12.0. The second-order valence-corrected chi connectivity index (χ2v) is 5.56. The summed E-state index contributed by atoms with van der Waals surface area (Å²) in [6, 6.07) is 14.9. The topological polar surface area (TPSA) is 20.3 Å². The van der Waals surface area contributed by atoms with E-state index in [4.69, 9.17) is 0 Å². The van der Waals surface area contributed by atoms with Gasteiger partial charge in [-0.05, 0) is 34.7 Å². The smallest absolute Gasteiger partial charge is 0.220 e. The maximum Gasteiger partial charge on any atom is 0.220 e. The van der Waals surface area contributed by atoms with Gasteiger partial charge >= 0.3 is 0 Å². The molecule has 2 aromatic rings. The van der Waals surface area contributed by atoms with E-state index in [2.05, 4.69) is 49.4 Å². The van der Waals surface area contributed by atoms with Gasteiger partial charge in [-0.2, -0.15) is 0 Å². The molecule has 0 aromatic heterocycles. The predicted molar refractivity (Wildman–Crippen MR) is 74.6 cm³/mol. The summed E-state index contributed by atoms with van der Waals surface area (Å²) >= 11 is 0. The van der Waals surface area contributed by atoms with Crippen molar-refractivity contribution in [3.05, 3.63) is 59.2 Å². The van der Waals surface area contributed by atoms with E-state index in [-0.39, 0.29) is 11.4 Å². The Kier molecular flexibility index (Phi) is 1.86. The first-order chi connectivity index (χ1) is 9.14. The molecular weight excluding hydrogens is 234 g/mol. The van der Waals surface area contributed by atoms with Gasteiger partial charge in [0.2, 0.25) is 5.91 Å². The van der Waals surface area contributed by atoms with Gasteiger partial charge in [0.15, 0.2) is 0 Å². The highest BCUT2D eigenvalue weighted by Crippen LogP contribution is 2.55. The number of carbonyl (C=O) groups is 1. The molecule has 0 unspecified atom stereocenters. The number of rotatable bonds is 0. The van der Waals surface area contributed by atoms with Crippen molar-refractivity contribution in [2.24, 2.45) is 0 Å². The number of carbonyl (C=O) groups excluding carboxylic acids is 1. The molecule has 0 fully saturated rings. The minimum atomic E-state index is -0.283. The van der Waals surface area contributed by atoms with Gasteiger partial charge in [-0.3, -0.25) is 4.79 Å². The van der Waals surface area contributed by atoms with E-state index in [1.54, 1.807) is 6.92 Å². The summed E-state index contributed by atoms with van der Waals surface area (Å²) in [6.07, 6.45) is 0. The molecule has 1 aliphatic heterocycles. The van der Waals surface area contributed by atoms with Crippen molar-refractivity contribution < 1.29 is 4.79 Å². The molecule has 0 saturated carbocycles. The summed E-state index contributed by atoms with van der Waals surface area (Å²) in [7, 11) is 0. The Hall–Kier alpha value is -2.09. The lowest BCUT2D eigenvalue weighted by Crippen LogP contribution is -2.41. The van der Waals surface area contributed by atoms with Crippen molar-refractivity contribution in [2.75, 3.05) is 0 Å². The van der Waals surface area contributed by atoms with Crippen molar-refractivity contribution in [3.8, 4) is 11.1 Å². The Morgan fingerprint density at radius 2 is 1.84 bits per heavy atom. The molecule has 2 nitrogen and oxygen atoms in total. The van der Waals surface area contributed by atoms with Crippen molar-refractivity contribution in [1.82, 2.24) is 4.90 Å². The maximum absolute atomic E-state index is 12.0. The summed E-state index contributed by atoms with van der Waals surface area (Å²) in [5.74, 6) is 0.140. The van der Waals surface area contributed by atoms with Gasteiger partial charge in [0.05, 0.1) is 5.54 Å². The van der Waals surface area contributed by atoms with Crippen LogP contribution in [0.3, 0.4) is 0 Å². The fraction of sp³-hybridized carbons (Fsp3) is 0.235. The predicted octanol–water partition coefficient (Wildman–Crippen LogP) is 3.29. The summed E-state index contributed by atoms with van der Waals surface area (Å²) in [5.41, 5.74) is 6.14. The molecule has 1 atom stereocenters. The van der Waals surface area contributed by atoms with E-state index >= 15 is 0 Å².